The molecule has 0 radical (unpaired) electrons. The molecule has 3 nitrogen and oxygen atoms in total. The summed E-state index contributed by atoms with van der Waals surface area (Å²) in [4.78, 5) is 6.64. The maximum Gasteiger partial charge on any atom is 0.0271 e. The summed E-state index contributed by atoms with van der Waals surface area (Å²) in [5, 5.41) is 3.71. The van der Waals surface area contributed by atoms with Crippen molar-refractivity contribution < 1.29 is 0 Å². The zero-order valence-electron chi connectivity index (χ0n) is 9.60. The summed E-state index contributed by atoms with van der Waals surface area (Å²) in [6.45, 7) is 4.90. The Kier molecular flexibility index (Phi) is 2.89. The number of piperidine rings is 1. The van der Waals surface area contributed by atoms with Gasteiger partial charge in [0.25, 0.3) is 0 Å². The van der Waals surface area contributed by atoms with Crippen molar-refractivity contribution in [1.82, 2.24) is 15.2 Å². The summed E-state index contributed by atoms with van der Waals surface area (Å²) in [7, 11) is 0. The van der Waals surface area contributed by atoms with Crippen LogP contribution in [0.5, 0.6) is 0 Å². The van der Waals surface area contributed by atoms with Crippen LogP contribution in [0, 0.1) is 5.92 Å². The fourth-order valence-corrected chi connectivity index (χ4v) is 2.97. The third kappa shape index (κ3) is 2.11. The molecule has 2 bridgehead atoms. The molecule has 1 aromatic rings. The van der Waals surface area contributed by atoms with Gasteiger partial charge in [-0.05, 0) is 49.5 Å². The first-order valence-electron chi connectivity index (χ1n) is 6.26. The highest BCUT2D eigenvalue weighted by Crippen LogP contribution is 2.27. The molecule has 2 aliphatic rings. The zero-order chi connectivity index (χ0) is 10.8. The second-order valence-corrected chi connectivity index (χ2v) is 4.98. The van der Waals surface area contributed by atoms with E-state index < -0.39 is 0 Å². The molecule has 16 heavy (non-hydrogen) atoms. The molecular weight excluding hydrogens is 198 g/mol. The molecule has 3 rings (SSSR count). The van der Waals surface area contributed by atoms with Crippen molar-refractivity contribution in [2.24, 2.45) is 5.92 Å². The molecule has 1 aromatic heterocycles. The lowest BCUT2D eigenvalue weighted by atomic mass is 9.94. The Morgan fingerprint density at radius 1 is 1.25 bits per heavy atom. The van der Waals surface area contributed by atoms with E-state index in [0.29, 0.717) is 0 Å². The van der Waals surface area contributed by atoms with Crippen molar-refractivity contribution in [3.8, 4) is 0 Å². The van der Waals surface area contributed by atoms with Crippen molar-refractivity contribution in [2.75, 3.05) is 19.6 Å². The standard InChI is InChI=1S/C13H19N3/c1-5-14-6-2-11(1)9-15-13-4-8-16-7-3-12(13)10-16/h1-2,5-6,12-13,15H,3-4,7-10H2. The highest BCUT2D eigenvalue weighted by Gasteiger charge is 2.33. The average Bonchev–Trinajstić information content (AvgIpc) is 2.72. The van der Waals surface area contributed by atoms with Crippen molar-refractivity contribution in [3.05, 3.63) is 30.1 Å². The number of fused-ring (bicyclic) bond motifs is 2. The molecule has 3 atom stereocenters. The number of hydrogen-bond acceptors (Lipinski definition) is 3. The van der Waals surface area contributed by atoms with E-state index in [2.05, 4.69) is 27.3 Å². The van der Waals surface area contributed by atoms with E-state index in [1.807, 2.05) is 12.4 Å². The van der Waals surface area contributed by atoms with Gasteiger partial charge in [-0.1, -0.05) is 0 Å². The first-order chi connectivity index (χ1) is 7.92. The third-order valence-corrected chi connectivity index (χ3v) is 3.95. The minimum Gasteiger partial charge on any atom is -0.310 e. The minimum absolute atomic E-state index is 0.729. The molecule has 0 saturated carbocycles. The topological polar surface area (TPSA) is 28.2 Å². The molecule has 86 valence electrons. The highest BCUT2D eigenvalue weighted by atomic mass is 15.2. The van der Waals surface area contributed by atoms with Gasteiger partial charge in [0, 0.05) is 31.5 Å². The molecule has 3 heteroatoms. The van der Waals surface area contributed by atoms with E-state index in [4.69, 9.17) is 0 Å². The Labute approximate surface area is 96.9 Å². The molecule has 2 fully saturated rings. The summed E-state index contributed by atoms with van der Waals surface area (Å²) >= 11 is 0. The second-order valence-electron chi connectivity index (χ2n) is 4.98. The van der Waals surface area contributed by atoms with Gasteiger partial charge < -0.3 is 10.2 Å². The van der Waals surface area contributed by atoms with Gasteiger partial charge in [0.1, 0.15) is 0 Å². The van der Waals surface area contributed by atoms with Crippen LogP contribution in [0.2, 0.25) is 0 Å². The third-order valence-electron chi connectivity index (χ3n) is 3.95. The van der Waals surface area contributed by atoms with Crippen LogP contribution in [0.4, 0.5) is 0 Å². The number of rotatable bonds is 3. The predicted molar refractivity (Wildman–Crippen MR) is 64.0 cm³/mol. The van der Waals surface area contributed by atoms with Gasteiger partial charge in [0.05, 0.1) is 0 Å². The lowest BCUT2D eigenvalue weighted by molar-refractivity contribution is 0.220. The predicted octanol–water partition coefficient (Wildman–Crippen LogP) is 1.27. The zero-order valence-corrected chi connectivity index (χ0v) is 9.60. The summed E-state index contributed by atoms with van der Waals surface area (Å²) in [5.74, 6) is 0.885. The monoisotopic (exact) mass is 217 g/mol. The number of pyridine rings is 1. The fourth-order valence-electron chi connectivity index (χ4n) is 2.97. The number of aromatic nitrogens is 1. The molecule has 2 saturated heterocycles. The Hall–Kier alpha value is -0.930. The van der Waals surface area contributed by atoms with E-state index in [1.54, 1.807) is 0 Å². The summed E-state index contributed by atoms with van der Waals surface area (Å²) in [6.07, 6.45) is 6.44. The van der Waals surface area contributed by atoms with E-state index in [9.17, 15) is 0 Å². The molecule has 0 aromatic carbocycles. The van der Waals surface area contributed by atoms with Crippen molar-refractivity contribution in [2.45, 2.75) is 25.4 Å². The van der Waals surface area contributed by atoms with Crippen molar-refractivity contribution in [3.63, 3.8) is 0 Å². The van der Waals surface area contributed by atoms with E-state index >= 15 is 0 Å². The van der Waals surface area contributed by atoms with Gasteiger partial charge in [0.15, 0.2) is 0 Å². The number of nitrogens with one attached hydrogen (secondary N) is 1. The Morgan fingerprint density at radius 2 is 2.06 bits per heavy atom. The van der Waals surface area contributed by atoms with Crippen molar-refractivity contribution >= 4 is 0 Å². The van der Waals surface area contributed by atoms with Crippen LogP contribution in [0.25, 0.3) is 0 Å². The smallest absolute Gasteiger partial charge is 0.0271 e. The maximum absolute atomic E-state index is 4.04. The van der Waals surface area contributed by atoms with E-state index in [0.717, 1.165) is 18.5 Å². The molecule has 3 heterocycles. The summed E-state index contributed by atoms with van der Waals surface area (Å²) < 4.78 is 0. The molecule has 2 aliphatic heterocycles. The first-order valence-corrected chi connectivity index (χ1v) is 6.26. The summed E-state index contributed by atoms with van der Waals surface area (Å²) in [6, 6.07) is 4.92. The Balaban J connectivity index is 1.55. The lowest BCUT2D eigenvalue weighted by Crippen LogP contribution is -2.43. The van der Waals surface area contributed by atoms with Crippen LogP contribution in [-0.4, -0.2) is 35.6 Å². The van der Waals surface area contributed by atoms with Crippen molar-refractivity contribution in [1.29, 1.82) is 0 Å². The lowest BCUT2D eigenvalue weighted by Gasteiger charge is -2.31. The Morgan fingerprint density at radius 3 is 2.94 bits per heavy atom. The highest BCUT2D eigenvalue weighted by molar-refractivity contribution is 5.09. The first kappa shape index (κ1) is 10.2. The minimum atomic E-state index is 0.729. The van der Waals surface area contributed by atoms with Gasteiger partial charge >= 0.3 is 0 Å². The van der Waals surface area contributed by atoms with Gasteiger partial charge in [0.2, 0.25) is 0 Å². The van der Waals surface area contributed by atoms with Crippen LogP contribution in [0.15, 0.2) is 24.5 Å². The average molecular weight is 217 g/mol. The number of hydrogen-bond donors (Lipinski definition) is 1. The molecular formula is C13H19N3. The largest absolute Gasteiger partial charge is 0.310 e. The SMILES string of the molecule is c1cc(CNC2CCN3CCC2C3)ccn1. The molecule has 0 amide bonds. The number of nitrogens with zero attached hydrogens (tertiary/aromatic N) is 2. The van der Waals surface area contributed by atoms with Gasteiger partial charge in [-0.15, -0.1) is 0 Å². The maximum atomic E-state index is 4.04. The van der Waals surface area contributed by atoms with Crippen LogP contribution < -0.4 is 5.32 Å². The normalized spacial score (nSPS) is 32.9. The van der Waals surface area contributed by atoms with E-state index in [-0.39, 0.29) is 0 Å². The van der Waals surface area contributed by atoms with Crippen LogP contribution >= 0.6 is 0 Å². The molecule has 3 unspecified atom stereocenters. The van der Waals surface area contributed by atoms with Crippen LogP contribution in [0.3, 0.4) is 0 Å². The molecule has 0 spiro atoms. The molecule has 1 N–H and O–H groups in total. The van der Waals surface area contributed by atoms with Gasteiger partial charge in [-0.25, -0.2) is 0 Å². The fraction of sp³-hybridized carbons (Fsp3) is 0.615. The van der Waals surface area contributed by atoms with Gasteiger partial charge in [-0.3, -0.25) is 4.98 Å². The van der Waals surface area contributed by atoms with Gasteiger partial charge in [-0.2, -0.15) is 0 Å². The quantitative estimate of drug-likeness (QED) is 0.826. The second kappa shape index (κ2) is 4.52. The Bertz CT molecular complexity index is 338. The molecule has 0 aliphatic carbocycles. The van der Waals surface area contributed by atoms with E-state index in [1.165, 1.54) is 38.0 Å². The summed E-state index contributed by atoms with van der Waals surface area (Å²) in [5.41, 5.74) is 1.34. The van der Waals surface area contributed by atoms with Crippen LogP contribution in [-0.2, 0) is 6.54 Å². The van der Waals surface area contributed by atoms with Crippen LogP contribution in [0.1, 0.15) is 18.4 Å².